The molecule has 5 nitrogen and oxygen atoms in total. The van der Waals surface area contributed by atoms with Crippen LogP contribution >= 0.6 is 11.3 Å². The predicted molar refractivity (Wildman–Crippen MR) is 56.7 cm³/mol. The Morgan fingerprint density at radius 2 is 2.13 bits per heavy atom. The Kier molecular flexibility index (Phi) is 2.51. The highest BCUT2D eigenvalue weighted by molar-refractivity contribution is 7.89. The van der Waals surface area contributed by atoms with Crippen LogP contribution in [-0.2, 0) is 10.0 Å². The molecule has 0 amide bonds. The van der Waals surface area contributed by atoms with Crippen molar-refractivity contribution in [1.82, 2.24) is 9.97 Å². The summed E-state index contributed by atoms with van der Waals surface area (Å²) in [5.74, 6) is 0. The van der Waals surface area contributed by atoms with Crippen LogP contribution in [0.1, 0.15) is 0 Å². The summed E-state index contributed by atoms with van der Waals surface area (Å²) >= 11 is 1.38. The van der Waals surface area contributed by atoms with Crippen LogP contribution in [0.4, 0.5) is 0 Å². The molecule has 2 aromatic rings. The summed E-state index contributed by atoms with van der Waals surface area (Å²) in [5.41, 5.74) is 2.62. The van der Waals surface area contributed by atoms with Gasteiger partial charge in [-0.3, -0.25) is 0 Å². The maximum atomic E-state index is 11.2. The van der Waals surface area contributed by atoms with Crippen LogP contribution < -0.4 is 5.14 Å². The Balaban J connectivity index is 2.68. The zero-order valence-electron chi connectivity index (χ0n) is 7.49. The molecule has 0 aliphatic heterocycles. The molecular formula is C8H7N3O2S2. The lowest BCUT2D eigenvalue weighted by atomic mass is 10.2. The molecule has 2 rings (SSSR count). The molecule has 0 atom stereocenters. The van der Waals surface area contributed by atoms with Crippen LogP contribution in [0.5, 0.6) is 0 Å². The minimum absolute atomic E-state index is 0.143. The van der Waals surface area contributed by atoms with Gasteiger partial charge >= 0.3 is 0 Å². The number of nitrogens with two attached hydrogens (primary N) is 1. The number of primary sulfonamides is 1. The summed E-state index contributed by atoms with van der Waals surface area (Å²) in [7, 11) is -3.81. The van der Waals surface area contributed by atoms with Crippen LogP contribution in [-0.4, -0.2) is 18.4 Å². The lowest BCUT2D eigenvalue weighted by molar-refractivity contribution is 0.594. The van der Waals surface area contributed by atoms with E-state index in [1.54, 1.807) is 23.0 Å². The van der Waals surface area contributed by atoms with Crippen molar-refractivity contribution in [2.45, 2.75) is 5.03 Å². The maximum absolute atomic E-state index is 11.2. The number of sulfonamides is 1. The number of hydrogen-bond donors (Lipinski definition) is 1. The minimum atomic E-state index is -3.81. The van der Waals surface area contributed by atoms with Crippen molar-refractivity contribution in [3.05, 3.63) is 29.2 Å². The first-order chi connectivity index (χ1) is 7.09. The lowest BCUT2D eigenvalue weighted by Gasteiger charge is -2.02. The second-order valence-electron chi connectivity index (χ2n) is 2.77. The van der Waals surface area contributed by atoms with Gasteiger partial charge in [-0.2, -0.15) is 0 Å². The first kappa shape index (κ1) is 10.2. The van der Waals surface area contributed by atoms with Gasteiger partial charge in [0.15, 0.2) is 5.03 Å². The van der Waals surface area contributed by atoms with E-state index in [-0.39, 0.29) is 5.03 Å². The van der Waals surface area contributed by atoms with Crippen LogP contribution in [0, 0.1) is 0 Å². The number of hydrogen-bond acceptors (Lipinski definition) is 5. The number of aromatic nitrogens is 2. The fraction of sp³-hybridized carbons (Fsp3) is 0. The van der Waals surface area contributed by atoms with E-state index in [2.05, 4.69) is 9.97 Å². The summed E-state index contributed by atoms with van der Waals surface area (Å²) in [5, 5.41) is 6.65. The van der Waals surface area contributed by atoms with Crippen LogP contribution in [0.2, 0.25) is 0 Å². The van der Waals surface area contributed by atoms with E-state index in [0.717, 1.165) is 0 Å². The molecule has 0 spiro atoms. The van der Waals surface area contributed by atoms with Crippen molar-refractivity contribution in [2.24, 2.45) is 5.14 Å². The fourth-order valence-corrected chi connectivity index (χ4v) is 2.40. The third-order valence-electron chi connectivity index (χ3n) is 1.75. The Labute approximate surface area is 90.7 Å². The fourth-order valence-electron chi connectivity index (χ4n) is 1.16. The SMILES string of the molecule is NS(=O)(=O)c1ncccc1-c1cscn1. The van der Waals surface area contributed by atoms with E-state index in [1.807, 2.05) is 0 Å². The van der Waals surface area contributed by atoms with Gasteiger partial charge in [-0.1, -0.05) is 0 Å². The second kappa shape index (κ2) is 3.69. The maximum Gasteiger partial charge on any atom is 0.256 e. The quantitative estimate of drug-likeness (QED) is 0.844. The summed E-state index contributed by atoms with van der Waals surface area (Å²) < 4.78 is 22.5. The van der Waals surface area contributed by atoms with Crippen molar-refractivity contribution >= 4 is 21.4 Å². The third kappa shape index (κ3) is 2.04. The highest BCUT2D eigenvalue weighted by Gasteiger charge is 2.17. The molecule has 0 fully saturated rings. The number of rotatable bonds is 2. The van der Waals surface area contributed by atoms with E-state index < -0.39 is 10.0 Å². The van der Waals surface area contributed by atoms with Crippen molar-refractivity contribution in [3.8, 4) is 11.3 Å². The number of nitrogens with zero attached hydrogens (tertiary/aromatic N) is 2. The molecule has 0 unspecified atom stereocenters. The number of pyridine rings is 1. The summed E-state index contributed by atoms with van der Waals surface area (Å²) in [6.45, 7) is 0. The van der Waals surface area contributed by atoms with Crippen molar-refractivity contribution in [1.29, 1.82) is 0 Å². The van der Waals surface area contributed by atoms with Gasteiger partial charge in [-0.25, -0.2) is 23.5 Å². The zero-order chi connectivity index (χ0) is 10.9. The monoisotopic (exact) mass is 241 g/mol. The molecule has 0 saturated heterocycles. The summed E-state index contributed by atoms with van der Waals surface area (Å²) in [6, 6.07) is 3.27. The van der Waals surface area contributed by atoms with Crippen LogP contribution in [0.25, 0.3) is 11.3 Å². The van der Waals surface area contributed by atoms with Gasteiger partial charge in [-0.15, -0.1) is 11.3 Å². The average Bonchev–Trinajstić information content (AvgIpc) is 2.69. The van der Waals surface area contributed by atoms with Gasteiger partial charge < -0.3 is 0 Å². The Hall–Kier alpha value is -1.31. The van der Waals surface area contributed by atoms with E-state index in [1.165, 1.54) is 17.5 Å². The molecule has 15 heavy (non-hydrogen) atoms. The molecule has 0 aliphatic carbocycles. The van der Waals surface area contributed by atoms with Gasteiger partial charge in [0, 0.05) is 17.1 Å². The van der Waals surface area contributed by atoms with Crippen molar-refractivity contribution in [3.63, 3.8) is 0 Å². The highest BCUT2D eigenvalue weighted by Crippen LogP contribution is 2.23. The predicted octanol–water partition coefficient (Wildman–Crippen LogP) is 0.853. The first-order valence-corrected chi connectivity index (χ1v) is 6.44. The molecule has 0 saturated carbocycles. The zero-order valence-corrected chi connectivity index (χ0v) is 9.12. The molecule has 0 bridgehead atoms. The van der Waals surface area contributed by atoms with Crippen molar-refractivity contribution < 1.29 is 8.42 Å². The normalized spacial score (nSPS) is 11.5. The molecule has 2 aromatic heterocycles. The van der Waals surface area contributed by atoms with Gasteiger partial charge in [0.05, 0.1) is 11.2 Å². The minimum Gasteiger partial charge on any atom is -0.245 e. The Morgan fingerprint density at radius 1 is 1.33 bits per heavy atom. The van der Waals surface area contributed by atoms with Gasteiger partial charge in [0.1, 0.15) is 0 Å². The highest BCUT2D eigenvalue weighted by atomic mass is 32.2. The van der Waals surface area contributed by atoms with Gasteiger partial charge in [0.2, 0.25) is 0 Å². The molecule has 0 aromatic carbocycles. The standard InChI is InChI=1S/C8H7N3O2S2/c9-15(12,13)8-6(2-1-3-10-8)7-4-14-5-11-7/h1-5H,(H2,9,12,13). The summed E-state index contributed by atoms with van der Waals surface area (Å²) in [6.07, 6.45) is 1.38. The molecule has 7 heteroatoms. The average molecular weight is 241 g/mol. The third-order valence-corrected chi connectivity index (χ3v) is 3.20. The van der Waals surface area contributed by atoms with E-state index >= 15 is 0 Å². The van der Waals surface area contributed by atoms with Gasteiger partial charge in [-0.05, 0) is 12.1 Å². The molecular weight excluding hydrogens is 234 g/mol. The van der Waals surface area contributed by atoms with Gasteiger partial charge in [0.25, 0.3) is 10.0 Å². The molecule has 2 N–H and O–H groups in total. The van der Waals surface area contributed by atoms with E-state index in [0.29, 0.717) is 11.3 Å². The first-order valence-electron chi connectivity index (χ1n) is 3.95. The van der Waals surface area contributed by atoms with E-state index in [9.17, 15) is 8.42 Å². The van der Waals surface area contributed by atoms with Crippen molar-refractivity contribution in [2.75, 3.05) is 0 Å². The van der Waals surface area contributed by atoms with Crippen LogP contribution in [0.3, 0.4) is 0 Å². The largest absolute Gasteiger partial charge is 0.256 e. The Morgan fingerprint density at radius 3 is 2.73 bits per heavy atom. The Bertz CT molecular complexity index is 563. The van der Waals surface area contributed by atoms with Crippen LogP contribution in [0.15, 0.2) is 34.2 Å². The lowest BCUT2D eigenvalue weighted by Crippen LogP contribution is -2.15. The molecule has 0 radical (unpaired) electrons. The number of thiazole rings is 1. The summed E-state index contributed by atoms with van der Waals surface area (Å²) in [4.78, 5) is 7.78. The smallest absolute Gasteiger partial charge is 0.245 e. The molecule has 78 valence electrons. The second-order valence-corrected chi connectivity index (χ2v) is 4.97. The topological polar surface area (TPSA) is 85.9 Å². The molecule has 2 heterocycles. The van der Waals surface area contributed by atoms with E-state index in [4.69, 9.17) is 5.14 Å². The molecule has 0 aliphatic rings.